The molecular formula is C13H8N2O2S. The molecule has 0 saturated heterocycles. The van der Waals surface area contributed by atoms with E-state index >= 15 is 0 Å². The second-order valence-electron chi connectivity index (χ2n) is 3.84. The first-order valence-electron chi connectivity index (χ1n) is 5.33. The lowest BCUT2D eigenvalue weighted by Crippen LogP contribution is -2.01. The summed E-state index contributed by atoms with van der Waals surface area (Å²) in [7, 11) is 0. The monoisotopic (exact) mass is 256 g/mol. The van der Waals surface area contributed by atoms with Crippen molar-refractivity contribution in [3.05, 3.63) is 57.6 Å². The molecule has 18 heavy (non-hydrogen) atoms. The molecule has 0 spiro atoms. The third-order valence-electron chi connectivity index (χ3n) is 2.75. The van der Waals surface area contributed by atoms with Crippen molar-refractivity contribution in [2.24, 2.45) is 5.29 Å². The Labute approximate surface area is 106 Å². The molecule has 0 saturated carbocycles. The molecule has 0 atom stereocenters. The SMILES string of the molecule is O=NNc1ccc2sc3ccccc3c(=O)c2c1. The zero-order valence-electron chi connectivity index (χ0n) is 9.21. The highest BCUT2D eigenvalue weighted by atomic mass is 32.1. The summed E-state index contributed by atoms with van der Waals surface area (Å²) in [4.78, 5) is 22.5. The third kappa shape index (κ3) is 1.65. The van der Waals surface area contributed by atoms with Gasteiger partial charge in [0.05, 0.1) is 11.0 Å². The van der Waals surface area contributed by atoms with Crippen LogP contribution in [0.1, 0.15) is 0 Å². The van der Waals surface area contributed by atoms with Crippen LogP contribution in [0.15, 0.2) is 52.5 Å². The molecule has 88 valence electrons. The van der Waals surface area contributed by atoms with E-state index in [1.165, 1.54) is 0 Å². The lowest BCUT2D eigenvalue weighted by atomic mass is 10.2. The molecule has 1 N–H and O–H groups in total. The van der Waals surface area contributed by atoms with Crippen LogP contribution in [-0.2, 0) is 0 Å². The largest absolute Gasteiger partial charge is 0.289 e. The Morgan fingerprint density at radius 1 is 1.00 bits per heavy atom. The summed E-state index contributed by atoms with van der Waals surface area (Å²) in [5.41, 5.74) is 2.82. The average molecular weight is 256 g/mol. The van der Waals surface area contributed by atoms with E-state index < -0.39 is 0 Å². The molecule has 1 heterocycles. The van der Waals surface area contributed by atoms with Crippen molar-refractivity contribution < 1.29 is 0 Å². The summed E-state index contributed by atoms with van der Waals surface area (Å²) in [5, 5.41) is 3.91. The summed E-state index contributed by atoms with van der Waals surface area (Å²) >= 11 is 1.56. The van der Waals surface area contributed by atoms with Crippen LogP contribution in [0.25, 0.3) is 20.2 Å². The lowest BCUT2D eigenvalue weighted by molar-refractivity contribution is 1.32. The number of anilines is 1. The minimum Gasteiger partial charge on any atom is -0.289 e. The van der Waals surface area contributed by atoms with Gasteiger partial charge in [0.15, 0.2) is 5.43 Å². The first-order chi connectivity index (χ1) is 8.79. The molecule has 4 nitrogen and oxygen atoms in total. The molecule has 0 radical (unpaired) electrons. The van der Waals surface area contributed by atoms with E-state index in [9.17, 15) is 9.70 Å². The standard InChI is InChI=1S/C13H8N2O2S/c16-13-9-3-1-2-4-11(9)18-12-6-5-8(14-15-17)7-10(12)13/h1-7H,(H,14,17). The third-order valence-corrected chi connectivity index (χ3v) is 3.90. The van der Waals surface area contributed by atoms with Gasteiger partial charge in [0.2, 0.25) is 0 Å². The minimum atomic E-state index is -0.0195. The van der Waals surface area contributed by atoms with Gasteiger partial charge in [-0.05, 0) is 30.3 Å². The van der Waals surface area contributed by atoms with Gasteiger partial charge in [0, 0.05) is 20.2 Å². The zero-order chi connectivity index (χ0) is 12.5. The molecular weight excluding hydrogens is 248 g/mol. The summed E-state index contributed by atoms with van der Waals surface area (Å²) in [6.07, 6.45) is 0. The van der Waals surface area contributed by atoms with E-state index in [-0.39, 0.29) is 5.43 Å². The Morgan fingerprint density at radius 2 is 1.78 bits per heavy atom. The van der Waals surface area contributed by atoms with E-state index in [1.807, 2.05) is 30.3 Å². The number of nitrogens with one attached hydrogen (secondary N) is 1. The number of fused-ring (bicyclic) bond motifs is 2. The first kappa shape index (κ1) is 10.9. The molecule has 0 aliphatic rings. The van der Waals surface area contributed by atoms with Crippen molar-refractivity contribution in [3.63, 3.8) is 0 Å². The number of benzene rings is 2. The van der Waals surface area contributed by atoms with E-state index in [0.717, 1.165) is 9.40 Å². The molecule has 5 heteroatoms. The summed E-state index contributed by atoms with van der Waals surface area (Å²) in [6.45, 7) is 0. The summed E-state index contributed by atoms with van der Waals surface area (Å²) in [6, 6.07) is 12.7. The lowest BCUT2D eigenvalue weighted by Gasteiger charge is -2.02. The van der Waals surface area contributed by atoms with Crippen molar-refractivity contribution in [1.82, 2.24) is 0 Å². The van der Waals surface area contributed by atoms with Crippen molar-refractivity contribution in [2.45, 2.75) is 0 Å². The van der Waals surface area contributed by atoms with Crippen LogP contribution in [0.2, 0.25) is 0 Å². The van der Waals surface area contributed by atoms with Crippen LogP contribution in [-0.4, -0.2) is 0 Å². The van der Waals surface area contributed by atoms with Crippen molar-refractivity contribution in [1.29, 1.82) is 0 Å². The first-order valence-corrected chi connectivity index (χ1v) is 6.15. The van der Waals surface area contributed by atoms with Crippen LogP contribution in [0.4, 0.5) is 5.69 Å². The Morgan fingerprint density at radius 3 is 2.61 bits per heavy atom. The smallest absolute Gasteiger partial charge is 0.195 e. The predicted octanol–water partition coefficient (Wildman–Crippen LogP) is 3.51. The highest BCUT2D eigenvalue weighted by Crippen LogP contribution is 2.26. The van der Waals surface area contributed by atoms with Crippen LogP contribution in [0.5, 0.6) is 0 Å². The molecule has 3 rings (SSSR count). The summed E-state index contributed by atoms with van der Waals surface area (Å²) < 4.78 is 1.86. The van der Waals surface area contributed by atoms with Crippen molar-refractivity contribution in [3.8, 4) is 0 Å². The van der Waals surface area contributed by atoms with Crippen LogP contribution in [0, 0.1) is 4.91 Å². The highest BCUT2D eigenvalue weighted by Gasteiger charge is 2.06. The maximum absolute atomic E-state index is 12.3. The van der Waals surface area contributed by atoms with E-state index in [0.29, 0.717) is 16.5 Å². The number of nitroso groups, excluding NO2 is 1. The van der Waals surface area contributed by atoms with Crippen LogP contribution >= 0.6 is 11.3 Å². The quantitative estimate of drug-likeness (QED) is 0.433. The topological polar surface area (TPSA) is 58.5 Å². The molecule has 0 fully saturated rings. The molecule has 0 unspecified atom stereocenters. The van der Waals surface area contributed by atoms with Gasteiger partial charge in [-0.2, -0.15) is 0 Å². The molecule has 0 aliphatic carbocycles. The average Bonchev–Trinajstić information content (AvgIpc) is 2.40. The molecule has 2 aromatic carbocycles. The summed E-state index contributed by atoms with van der Waals surface area (Å²) in [5.74, 6) is 0. The predicted molar refractivity (Wildman–Crippen MR) is 75.0 cm³/mol. The Balaban J connectivity index is 2.41. The Kier molecular flexibility index (Phi) is 2.53. The fourth-order valence-electron chi connectivity index (χ4n) is 1.93. The van der Waals surface area contributed by atoms with E-state index in [1.54, 1.807) is 23.5 Å². The maximum Gasteiger partial charge on any atom is 0.195 e. The van der Waals surface area contributed by atoms with Gasteiger partial charge in [0.25, 0.3) is 0 Å². The number of nitrogens with zero attached hydrogens (tertiary/aromatic N) is 1. The Hall–Kier alpha value is -2.27. The van der Waals surface area contributed by atoms with E-state index in [2.05, 4.69) is 10.7 Å². The van der Waals surface area contributed by atoms with Gasteiger partial charge in [-0.1, -0.05) is 12.1 Å². The molecule has 0 bridgehead atoms. The fourth-order valence-corrected chi connectivity index (χ4v) is 2.98. The normalized spacial score (nSPS) is 10.7. The second-order valence-corrected chi connectivity index (χ2v) is 4.93. The highest BCUT2D eigenvalue weighted by molar-refractivity contribution is 7.24. The minimum absolute atomic E-state index is 0.0195. The maximum atomic E-state index is 12.3. The van der Waals surface area contributed by atoms with Gasteiger partial charge in [-0.15, -0.1) is 16.2 Å². The fraction of sp³-hybridized carbons (Fsp3) is 0. The number of hydrogen-bond donors (Lipinski definition) is 1. The van der Waals surface area contributed by atoms with Gasteiger partial charge >= 0.3 is 0 Å². The van der Waals surface area contributed by atoms with Gasteiger partial charge < -0.3 is 0 Å². The van der Waals surface area contributed by atoms with E-state index in [4.69, 9.17) is 0 Å². The number of rotatable bonds is 2. The molecule has 0 amide bonds. The van der Waals surface area contributed by atoms with Crippen LogP contribution < -0.4 is 10.9 Å². The second kappa shape index (κ2) is 4.19. The van der Waals surface area contributed by atoms with Gasteiger partial charge in [-0.25, -0.2) is 5.43 Å². The van der Waals surface area contributed by atoms with Crippen LogP contribution in [0.3, 0.4) is 0 Å². The Bertz CT molecular complexity index is 811. The van der Waals surface area contributed by atoms with Crippen molar-refractivity contribution in [2.75, 3.05) is 5.43 Å². The number of hydrogen-bond acceptors (Lipinski definition) is 4. The molecule has 0 aliphatic heterocycles. The molecule has 3 aromatic rings. The van der Waals surface area contributed by atoms with Gasteiger partial charge in [0.1, 0.15) is 0 Å². The zero-order valence-corrected chi connectivity index (χ0v) is 10.0. The van der Waals surface area contributed by atoms with Gasteiger partial charge in [-0.3, -0.25) is 4.79 Å². The molecule has 1 aromatic heterocycles. The van der Waals surface area contributed by atoms with Crippen molar-refractivity contribution >= 4 is 37.2 Å².